The lowest BCUT2D eigenvalue weighted by atomic mass is 9.80. The van der Waals surface area contributed by atoms with Crippen molar-refractivity contribution in [2.75, 3.05) is 13.2 Å². The van der Waals surface area contributed by atoms with Crippen molar-refractivity contribution in [1.29, 1.82) is 0 Å². The molecule has 0 aromatic carbocycles. The molecular formula is C13H22O3. The summed E-state index contributed by atoms with van der Waals surface area (Å²) in [6.45, 7) is 6.97. The van der Waals surface area contributed by atoms with E-state index in [1.54, 1.807) is 0 Å². The minimum absolute atomic E-state index is 0.00334. The van der Waals surface area contributed by atoms with E-state index in [4.69, 9.17) is 9.47 Å². The second-order valence-electron chi connectivity index (χ2n) is 4.33. The molecule has 16 heavy (non-hydrogen) atoms. The Hall–Kier alpha value is -0.830. The minimum Gasteiger partial charge on any atom is -0.435 e. The minimum atomic E-state index is -0.139. The van der Waals surface area contributed by atoms with Gasteiger partial charge in [-0.2, -0.15) is 0 Å². The summed E-state index contributed by atoms with van der Waals surface area (Å²) >= 11 is 0. The lowest BCUT2D eigenvalue weighted by molar-refractivity contribution is -0.147. The van der Waals surface area contributed by atoms with Gasteiger partial charge in [0.2, 0.25) is 0 Å². The highest BCUT2D eigenvalue weighted by molar-refractivity contribution is 5.73. The van der Waals surface area contributed by atoms with Crippen molar-refractivity contribution in [2.24, 2.45) is 11.8 Å². The fourth-order valence-electron chi connectivity index (χ4n) is 2.27. The highest BCUT2D eigenvalue weighted by Crippen LogP contribution is 2.31. The van der Waals surface area contributed by atoms with Crippen LogP contribution in [0.4, 0.5) is 0 Å². The lowest BCUT2D eigenvalue weighted by Crippen LogP contribution is -2.31. The second-order valence-corrected chi connectivity index (χ2v) is 4.33. The molecule has 0 N–H and O–H groups in total. The van der Waals surface area contributed by atoms with Gasteiger partial charge in [0.25, 0.3) is 0 Å². The fourth-order valence-corrected chi connectivity index (χ4v) is 2.27. The van der Waals surface area contributed by atoms with E-state index in [2.05, 4.69) is 13.5 Å². The second kappa shape index (κ2) is 7.44. The molecule has 0 spiro atoms. The summed E-state index contributed by atoms with van der Waals surface area (Å²) in [5, 5.41) is 0. The quantitative estimate of drug-likeness (QED) is 0.397. The first-order chi connectivity index (χ1) is 7.79. The van der Waals surface area contributed by atoms with Gasteiger partial charge in [-0.1, -0.05) is 26.3 Å². The van der Waals surface area contributed by atoms with Gasteiger partial charge in [0.15, 0.2) is 0 Å². The Bertz CT molecular complexity index is 225. The molecule has 3 heteroatoms. The number of carbonyl (C=O) groups is 1. The van der Waals surface area contributed by atoms with Gasteiger partial charge in [-0.3, -0.25) is 4.79 Å². The highest BCUT2D eigenvalue weighted by atomic mass is 16.5. The monoisotopic (exact) mass is 226 g/mol. The van der Waals surface area contributed by atoms with Crippen molar-refractivity contribution in [1.82, 2.24) is 0 Å². The third-order valence-electron chi connectivity index (χ3n) is 3.09. The van der Waals surface area contributed by atoms with Crippen molar-refractivity contribution in [3.05, 3.63) is 12.8 Å². The number of esters is 1. The zero-order valence-electron chi connectivity index (χ0n) is 10.1. The molecule has 92 valence electrons. The first-order valence-electron chi connectivity index (χ1n) is 6.18. The van der Waals surface area contributed by atoms with E-state index < -0.39 is 0 Å². The van der Waals surface area contributed by atoms with E-state index in [0.717, 1.165) is 32.3 Å². The largest absolute Gasteiger partial charge is 0.435 e. The normalized spacial score (nSPS) is 25.1. The van der Waals surface area contributed by atoms with Crippen LogP contribution in [0.25, 0.3) is 0 Å². The molecule has 0 aromatic rings. The summed E-state index contributed by atoms with van der Waals surface area (Å²) in [4.78, 5) is 11.7. The van der Waals surface area contributed by atoms with Crippen molar-refractivity contribution >= 4 is 5.97 Å². The van der Waals surface area contributed by atoms with Gasteiger partial charge in [0.05, 0.1) is 18.8 Å². The van der Waals surface area contributed by atoms with Crippen molar-refractivity contribution < 1.29 is 14.3 Å². The van der Waals surface area contributed by atoms with E-state index in [-0.39, 0.29) is 11.9 Å². The third kappa shape index (κ3) is 3.97. The van der Waals surface area contributed by atoms with Crippen molar-refractivity contribution in [3.63, 3.8) is 0 Å². The van der Waals surface area contributed by atoms with E-state index in [0.29, 0.717) is 12.5 Å². The number of hydrogen-bond donors (Lipinski definition) is 0. The molecule has 2 atom stereocenters. The van der Waals surface area contributed by atoms with Gasteiger partial charge in [-0.05, 0) is 25.2 Å². The lowest BCUT2D eigenvalue weighted by Gasteiger charge is -2.29. The van der Waals surface area contributed by atoms with Gasteiger partial charge < -0.3 is 9.47 Å². The maximum atomic E-state index is 11.7. The van der Waals surface area contributed by atoms with Crippen LogP contribution >= 0.6 is 0 Å². The van der Waals surface area contributed by atoms with Crippen LogP contribution in [0.1, 0.15) is 39.0 Å². The molecule has 0 saturated heterocycles. The molecule has 3 nitrogen and oxygen atoms in total. The Morgan fingerprint density at radius 3 is 2.88 bits per heavy atom. The van der Waals surface area contributed by atoms with E-state index in [1.807, 2.05) is 0 Å². The molecule has 0 aromatic heterocycles. The molecule has 0 radical (unpaired) electrons. The third-order valence-corrected chi connectivity index (χ3v) is 3.09. The Morgan fingerprint density at radius 1 is 1.44 bits per heavy atom. The summed E-state index contributed by atoms with van der Waals surface area (Å²) in [7, 11) is 0. The Morgan fingerprint density at radius 2 is 2.19 bits per heavy atom. The highest BCUT2D eigenvalue weighted by Gasteiger charge is 2.31. The van der Waals surface area contributed by atoms with E-state index >= 15 is 0 Å². The van der Waals surface area contributed by atoms with Crippen LogP contribution in [0.2, 0.25) is 0 Å². The Balaban J connectivity index is 2.43. The molecule has 0 heterocycles. The predicted molar refractivity (Wildman–Crippen MR) is 62.8 cm³/mol. The summed E-state index contributed by atoms with van der Waals surface area (Å²) in [5.41, 5.74) is 0. The van der Waals surface area contributed by atoms with Crippen LogP contribution in [-0.2, 0) is 14.3 Å². The van der Waals surface area contributed by atoms with Gasteiger partial charge in [0, 0.05) is 6.61 Å². The van der Waals surface area contributed by atoms with Crippen LogP contribution in [-0.4, -0.2) is 19.2 Å². The van der Waals surface area contributed by atoms with Gasteiger partial charge >= 0.3 is 5.97 Å². The van der Waals surface area contributed by atoms with E-state index in [9.17, 15) is 4.79 Å². The summed E-state index contributed by atoms with van der Waals surface area (Å²) < 4.78 is 10.4. The predicted octanol–water partition coefficient (Wildman–Crippen LogP) is 2.91. The van der Waals surface area contributed by atoms with Crippen molar-refractivity contribution in [3.8, 4) is 0 Å². The Labute approximate surface area is 97.8 Å². The fraction of sp³-hybridized carbons (Fsp3) is 0.769. The average molecular weight is 226 g/mol. The zero-order valence-corrected chi connectivity index (χ0v) is 10.1. The van der Waals surface area contributed by atoms with Crippen LogP contribution in [0.3, 0.4) is 0 Å². The van der Waals surface area contributed by atoms with Gasteiger partial charge in [-0.25, -0.2) is 0 Å². The summed E-state index contributed by atoms with van der Waals surface area (Å²) in [6, 6.07) is 0. The van der Waals surface area contributed by atoms with Crippen molar-refractivity contribution in [2.45, 2.75) is 39.0 Å². The first kappa shape index (κ1) is 13.2. The number of ether oxygens (including phenoxy) is 2. The molecule has 1 rings (SSSR count). The molecule has 0 aliphatic heterocycles. The standard InChI is InChI=1S/C13H22O3/c1-3-9-15-10-11-7-5-6-8-12(11)13(14)16-4-2/h4,11-12H,2-3,5-10H2,1H3. The molecule has 1 aliphatic carbocycles. The first-order valence-corrected chi connectivity index (χ1v) is 6.18. The topological polar surface area (TPSA) is 35.5 Å². The average Bonchev–Trinajstić information content (AvgIpc) is 2.30. The molecule has 2 unspecified atom stereocenters. The zero-order chi connectivity index (χ0) is 11.8. The Kier molecular flexibility index (Phi) is 6.16. The molecule has 0 bridgehead atoms. The number of rotatable bonds is 6. The van der Waals surface area contributed by atoms with Crippen LogP contribution in [0.15, 0.2) is 12.8 Å². The maximum Gasteiger partial charge on any atom is 0.314 e. The van der Waals surface area contributed by atoms with Crippen LogP contribution < -0.4 is 0 Å². The molecule has 1 fully saturated rings. The number of carbonyl (C=O) groups excluding carboxylic acids is 1. The van der Waals surface area contributed by atoms with Gasteiger partial charge in [-0.15, -0.1) is 0 Å². The maximum absolute atomic E-state index is 11.7. The smallest absolute Gasteiger partial charge is 0.314 e. The molecule has 1 aliphatic rings. The van der Waals surface area contributed by atoms with Crippen LogP contribution in [0.5, 0.6) is 0 Å². The summed E-state index contributed by atoms with van der Waals surface area (Å²) in [6.07, 6.45) is 6.54. The molecular weight excluding hydrogens is 204 g/mol. The number of hydrogen-bond acceptors (Lipinski definition) is 3. The molecule has 1 saturated carbocycles. The van der Waals surface area contributed by atoms with E-state index in [1.165, 1.54) is 12.7 Å². The van der Waals surface area contributed by atoms with Gasteiger partial charge in [0.1, 0.15) is 0 Å². The summed E-state index contributed by atoms with van der Waals surface area (Å²) in [5.74, 6) is 0.191. The SMILES string of the molecule is C=COC(=O)C1CCCCC1COCCC. The van der Waals surface area contributed by atoms with Crippen LogP contribution in [0, 0.1) is 11.8 Å². The molecule has 0 amide bonds.